The van der Waals surface area contributed by atoms with Gasteiger partial charge in [0.15, 0.2) is 5.13 Å². The predicted molar refractivity (Wildman–Crippen MR) is 90.3 cm³/mol. The number of hydrogen-bond acceptors (Lipinski definition) is 4. The molecule has 1 aromatic heterocycles. The van der Waals surface area contributed by atoms with E-state index in [-0.39, 0.29) is 23.5 Å². The highest BCUT2D eigenvalue weighted by Gasteiger charge is 2.34. The van der Waals surface area contributed by atoms with E-state index in [0.29, 0.717) is 18.8 Å². The molecular formula is C17H13F2N3OS. The van der Waals surface area contributed by atoms with Gasteiger partial charge >= 0.3 is 0 Å². The first-order valence-electron chi connectivity index (χ1n) is 7.46. The first kappa shape index (κ1) is 15.0. The number of benzene rings is 2. The Kier molecular flexibility index (Phi) is 3.65. The molecule has 1 aliphatic rings. The summed E-state index contributed by atoms with van der Waals surface area (Å²) >= 11 is 1.41. The lowest BCUT2D eigenvalue weighted by Crippen LogP contribution is -2.52. The highest BCUT2D eigenvalue weighted by Crippen LogP contribution is 2.33. The van der Waals surface area contributed by atoms with E-state index < -0.39 is 0 Å². The van der Waals surface area contributed by atoms with Crippen molar-refractivity contribution >= 4 is 38.3 Å². The number of nitrogens with zero attached hydrogens (tertiary/aromatic N) is 2. The third-order valence-corrected chi connectivity index (χ3v) is 5.03. The Morgan fingerprint density at radius 2 is 1.96 bits per heavy atom. The highest BCUT2D eigenvalue weighted by atomic mass is 32.1. The van der Waals surface area contributed by atoms with E-state index in [1.54, 1.807) is 18.2 Å². The minimum absolute atomic E-state index is 0.135. The topological polar surface area (TPSA) is 45.2 Å². The van der Waals surface area contributed by atoms with Gasteiger partial charge in [0.1, 0.15) is 11.6 Å². The van der Waals surface area contributed by atoms with E-state index in [1.165, 1.54) is 35.6 Å². The van der Waals surface area contributed by atoms with Gasteiger partial charge in [0.2, 0.25) is 5.91 Å². The van der Waals surface area contributed by atoms with Crippen LogP contribution < -0.4 is 10.2 Å². The lowest BCUT2D eigenvalue weighted by atomic mass is 10.00. The third-order valence-electron chi connectivity index (χ3n) is 3.95. The van der Waals surface area contributed by atoms with Crippen molar-refractivity contribution in [1.29, 1.82) is 0 Å². The summed E-state index contributed by atoms with van der Waals surface area (Å²) in [7, 11) is 0. The molecule has 1 aliphatic heterocycles. The van der Waals surface area contributed by atoms with Crippen molar-refractivity contribution in [3.63, 3.8) is 0 Å². The maximum Gasteiger partial charge on any atom is 0.231 e. The summed E-state index contributed by atoms with van der Waals surface area (Å²) in [5.41, 5.74) is 1.21. The molecule has 2 aromatic carbocycles. The Bertz CT molecular complexity index is 921. The van der Waals surface area contributed by atoms with Gasteiger partial charge in [0, 0.05) is 18.8 Å². The summed E-state index contributed by atoms with van der Waals surface area (Å²) in [4.78, 5) is 18.6. The summed E-state index contributed by atoms with van der Waals surface area (Å²) in [5.74, 6) is -0.973. The molecule has 122 valence electrons. The average molecular weight is 345 g/mol. The largest absolute Gasteiger partial charge is 0.346 e. The predicted octanol–water partition coefficient (Wildman–Crippen LogP) is 3.65. The van der Waals surface area contributed by atoms with Crippen LogP contribution in [0.1, 0.15) is 0 Å². The fourth-order valence-electron chi connectivity index (χ4n) is 2.63. The minimum atomic E-state index is -0.384. The molecule has 4 rings (SSSR count). The smallest absolute Gasteiger partial charge is 0.231 e. The fraction of sp³-hybridized carbons (Fsp3) is 0.176. The SMILES string of the molecule is O=C(Nc1cccc(F)c1)C1CN(c2nc3ccc(F)cc3s2)C1. The normalized spacial score (nSPS) is 14.7. The lowest BCUT2D eigenvalue weighted by Gasteiger charge is -2.37. The van der Waals surface area contributed by atoms with Crippen molar-refractivity contribution in [2.45, 2.75) is 0 Å². The molecule has 1 saturated heterocycles. The van der Waals surface area contributed by atoms with E-state index in [0.717, 1.165) is 15.3 Å². The van der Waals surface area contributed by atoms with Crippen LogP contribution in [0.25, 0.3) is 10.2 Å². The maximum atomic E-state index is 13.2. The number of hydrogen-bond donors (Lipinski definition) is 1. The highest BCUT2D eigenvalue weighted by molar-refractivity contribution is 7.22. The number of halogens is 2. The first-order chi connectivity index (χ1) is 11.6. The number of anilines is 2. The van der Waals surface area contributed by atoms with Gasteiger partial charge in [0.25, 0.3) is 0 Å². The summed E-state index contributed by atoms with van der Waals surface area (Å²) in [6.45, 7) is 1.09. The Morgan fingerprint density at radius 3 is 2.75 bits per heavy atom. The number of amides is 1. The molecule has 1 N–H and O–H groups in total. The van der Waals surface area contributed by atoms with Crippen LogP contribution in [0.5, 0.6) is 0 Å². The van der Waals surface area contributed by atoms with Gasteiger partial charge in [-0.3, -0.25) is 4.79 Å². The van der Waals surface area contributed by atoms with Crippen molar-refractivity contribution in [1.82, 2.24) is 4.98 Å². The van der Waals surface area contributed by atoms with Crippen molar-refractivity contribution in [3.8, 4) is 0 Å². The molecule has 0 aliphatic carbocycles. The number of carbonyl (C=O) groups is 1. The molecule has 2 heterocycles. The zero-order chi connectivity index (χ0) is 16.7. The number of carbonyl (C=O) groups excluding carboxylic acids is 1. The van der Waals surface area contributed by atoms with E-state index in [9.17, 15) is 13.6 Å². The molecule has 4 nitrogen and oxygen atoms in total. The van der Waals surface area contributed by atoms with Crippen LogP contribution in [-0.2, 0) is 4.79 Å². The molecule has 0 atom stereocenters. The zero-order valence-electron chi connectivity index (χ0n) is 12.5. The van der Waals surface area contributed by atoms with Crippen molar-refractivity contribution in [2.24, 2.45) is 5.92 Å². The molecule has 0 spiro atoms. The van der Waals surface area contributed by atoms with E-state index >= 15 is 0 Å². The van der Waals surface area contributed by atoms with Crippen molar-refractivity contribution in [3.05, 3.63) is 54.1 Å². The number of fused-ring (bicyclic) bond motifs is 1. The molecule has 0 bridgehead atoms. The number of nitrogens with one attached hydrogen (secondary N) is 1. The molecule has 0 unspecified atom stereocenters. The molecule has 0 saturated carbocycles. The Morgan fingerprint density at radius 1 is 1.17 bits per heavy atom. The molecule has 3 aromatic rings. The van der Waals surface area contributed by atoms with Crippen LogP contribution in [0.3, 0.4) is 0 Å². The Balaban J connectivity index is 1.40. The summed E-state index contributed by atoms with van der Waals surface area (Å²) in [5, 5.41) is 3.50. The van der Waals surface area contributed by atoms with E-state index in [1.807, 2.05) is 4.90 Å². The number of rotatable bonds is 3. The summed E-state index contributed by atoms with van der Waals surface area (Å²) in [6, 6.07) is 10.3. The van der Waals surface area contributed by atoms with Crippen molar-refractivity contribution in [2.75, 3.05) is 23.3 Å². The second-order valence-electron chi connectivity index (χ2n) is 5.71. The van der Waals surface area contributed by atoms with Gasteiger partial charge in [-0.25, -0.2) is 13.8 Å². The molecule has 1 fully saturated rings. The molecule has 0 radical (unpaired) electrons. The first-order valence-corrected chi connectivity index (χ1v) is 8.27. The average Bonchev–Trinajstić information content (AvgIpc) is 2.88. The minimum Gasteiger partial charge on any atom is -0.346 e. The van der Waals surface area contributed by atoms with E-state index in [2.05, 4.69) is 10.3 Å². The lowest BCUT2D eigenvalue weighted by molar-refractivity contribution is -0.120. The van der Waals surface area contributed by atoms with Crippen LogP contribution in [-0.4, -0.2) is 24.0 Å². The van der Waals surface area contributed by atoms with E-state index in [4.69, 9.17) is 0 Å². The van der Waals surface area contributed by atoms with Gasteiger partial charge in [-0.05, 0) is 36.4 Å². The van der Waals surface area contributed by atoms with Gasteiger partial charge in [-0.2, -0.15) is 0 Å². The monoisotopic (exact) mass is 345 g/mol. The fourth-order valence-corrected chi connectivity index (χ4v) is 3.64. The van der Waals surface area contributed by atoms with Crippen LogP contribution in [0.15, 0.2) is 42.5 Å². The second-order valence-corrected chi connectivity index (χ2v) is 6.72. The van der Waals surface area contributed by atoms with Gasteiger partial charge in [0.05, 0.1) is 16.1 Å². The standard InChI is InChI=1S/C17H13F2N3OS/c18-11-2-1-3-13(6-11)20-16(23)10-8-22(9-10)17-21-14-5-4-12(19)7-15(14)24-17/h1-7,10H,8-9H2,(H,20,23). The third kappa shape index (κ3) is 2.82. The van der Waals surface area contributed by atoms with Crippen molar-refractivity contribution < 1.29 is 13.6 Å². The summed E-state index contributed by atoms with van der Waals surface area (Å²) < 4.78 is 27.2. The quantitative estimate of drug-likeness (QED) is 0.788. The molecule has 24 heavy (non-hydrogen) atoms. The molecule has 1 amide bonds. The Labute approximate surface area is 140 Å². The van der Waals surface area contributed by atoms with Gasteiger partial charge in [-0.1, -0.05) is 17.4 Å². The summed E-state index contributed by atoms with van der Waals surface area (Å²) in [6.07, 6.45) is 0. The second kappa shape index (κ2) is 5.83. The van der Waals surface area contributed by atoms with Crippen LogP contribution in [0.4, 0.5) is 19.6 Å². The zero-order valence-corrected chi connectivity index (χ0v) is 13.3. The Hall–Kier alpha value is -2.54. The van der Waals surface area contributed by atoms with Crippen LogP contribution in [0, 0.1) is 17.6 Å². The molecular weight excluding hydrogens is 332 g/mol. The molecule has 7 heteroatoms. The van der Waals surface area contributed by atoms with Gasteiger partial charge in [-0.15, -0.1) is 0 Å². The van der Waals surface area contributed by atoms with Gasteiger partial charge < -0.3 is 10.2 Å². The van der Waals surface area contributed by atoms with Crippen LogP contribution >= 0.6 is 11.3 Å². The van der Waals surface area contributed by atoms with Crippen LogP contribution in [0.2, 0.25) is 0 Å². The number of thiazole rings is 1. The maximum absolute atomic E-state index is 13.2. The number of aromatic nitrogens is 1.